The summed E-state index contributed by atoms with van der Waals surface area (Å²) < 4.78 is 13.5. The van der Waals surface area contributed by atoms with E-state index in [4.69, 9.17) is 0 Å². The van der Waals surface area contributed by atoms with Crippen molar-refractivity contribution >= 4 is 17.5 Å². The van der Waals surface area contributed by atoms with E-state index in [0.717, 1.165) is 90.5 Å². The number of rotatable bonds is 12. The molecule has 0 radical (unpaired) electrons. The van der Waals surface area contributed by atoms with Crippen molar-refractivity contribution in [2.24, 2.45) is 5.92 Å². The summed E-state index contributed by atoms with van der Waals surface area (Å²) in [5.41, 5.74) is 14.7. The average molecular weight is 948 g/mol. The van der Waals surface area contributed by atoms with Crippen LogP contribution in [0.1, 0.15) is 174 Å². The first-order chi connectivity index (χ1) is 34.1. The van der Waals surface area contributed by atoms with E-state index >= 15 is 0 Å². The molecule has 4 aliphatic heterocycles. The Bertz CT molecular complexity index is 2370. The number of likely N-dealkylation sites (tertiary alicyclic amines) is 2. The Kier molecular flexibility index (Phi) is 16.9. The van der Waals surface area contributed by atoms with Gasteiger partial charge in [-0.25, -0.2) is 4.39 Å². The summed E-state index contributed by atoms with van der Waals surface area (Å²) in [5, 5.41) is 0. The molecule has 0 aromatic heterocycles. The Morgan fingerprint density at radius 1 is 0.586 bits per heavy atom. The number of anilines is 1. The van der Waals surface area contributed by atoms with Crippen LogP contribution in [0.5, 0.6) is 0 Å². The number of nitrogens with zero attached hydrogens (tertiary/aromatic N) is 5. The largest absolute Gasteiger partial charge is 0.378 e. The van der Waals surface area contributed by atoms with Gasteiger partial charge in [0.2, 0.25) is 5.91 Å². The number of amides is 2. The van der Waals surface area contributed by atoms with Crippen molar-refractivity contribution in [2.45, 2.75) is 147 Å². The smallest absolute Gasteiger partial charge is 0.258 e. The minimum absolute atomic E-state index is 0.00185. The number of hydrogen-bond acceptors (Lipinski definition) is 5. The lowest BCUT2D eigenvalue weighted by atomic mass is 9.85. The number of benzene rings is 3. The molecule has 374 valence electrons. The second-order valence-electron chi connectivity index (χ2n) is 22.1. The van der Waals surface area contributed by atoms with Crippen LogP contribution in [-0.2, 0) is 4.79 Å². The highest BCUT2D eigenvalue weighted by Gasteiger charge is 2.35. The van der Waals surface area contributed by atoms with Crippen LogP contribution < -0.4 is 4.90 Å². The molecule has 3 fully saturated rings. The van der Waals surface area contributed by atoms with Gasteiger partial charge in [-0.05, 0) is 209 Å². The van der Waals surface area contributed by atoms with Gasteiger partial charge in [-0.15, -0.1) is 0 Å². The van der Waals surface area contributed by atoms with Gasteiger partial charge in [0, 0.05) is 81.7 Å². The summed E-state index contributed by atoms with van der Waals surface area (Å²) in [6, 6.07) is 24.4. The van der Waals surface area contributed by atoms with Gasteiger partial charge in [0.25, 0.3) is 5.91 Å². The number of hydrogen-bond donors (Lipinski definition) is 0. The average Bonchev–Trinajstić information content (AvgIpc) is 3.95. The molecule has 2 amide bonds. The van der Waals surface area contributed by atoms with Crippen molar-refractivity contribution in [1.29, 1.82) is 0 Å². The molecule has 8 heteroatoms. The van der Waals surface area contributed by atoms with Crippen molar-refractivity contribution in [3.05, 3.63) is 147 Å². The van der Waals surface area contributed by atoms with E-state index in [1.165, 1.54) is 134 Å². The summed E-state index contributed by atoms with van der Waals surface area (Å²) in [6.07, 6.45) is 25.3. The second kappa shape index (κ2) is 23.6. The topological polar surface area (TPSA) is 50.3 Å². The Balaban J connectivity index is 0.000000174. The minimum Gasteiger partial charge on any atom is -0.378 e. The molecule has 7 nitrogen and oxygen atoms in total. The molecule has 3 aromatic carbocycles. The monoisotopic (exact) mass is 948 g/mol. The molecule has 7 aliphatic rings. The molecule has 3 aromatic rings. The van der Waals surface area contributed by atoms with E-state index in [-0.39, 0.29) is 17.6 Å². The van der Waals surface area contributed by atoms with Crippen LogP contribution in [0, 0.1) is 11.7 Å². The lowest BCUT2D eigenvalue weighted by Crippen LogP contribution is -2.41. The lowest BCUT2D eigenvalue weighted by molar-refractivity contribution is -0.133. The highest BCUT2D eigenvalue weighted by molar-refractivity contribution is 5.95. The molecule has 0 N–H and O–H groups in total. The first kappa shape index (κ1) is 50.2. The zero-order chi connectivity index (χ0) is 48.6. The third-order valence-electron chi connectivity index (χ3n) is 17.1. The van der Waals surface area contributed by atoms with E-state index in [0.29, 0.717) is 35.8 Å². The normalized spacial score (nSPS) is 21.0. The van der Waals surface area contributed by atoms with Crippen molar-refractivity contribution in [1.82, 2.24) is 19.6 Å². The number of carbonyl (C=O) groups excluding carboxylic acids is 2. The second-order valence-corrected chi connectivity index (χ2v) is 22.1. The molecule has 0 bridgehead atoms. The Labute approximate surface area is 420 Å². The minimum atomic E-state index is -0.307. The van der Waals surface area contributed by atoms with Crippen molar-refractivity contribution in [2.75, 3.05) is 71.4 Å². The van der Waals surface area contributed by atoms with Gasteiger partial charge in [0.05, 0.1) is 0 Å². The Hall–Kier alpha value is -4.79. The van der Waals surface area contributed by atoms with Crippen LogP contribution in [0.15, 0.2) is 119 Å². The van der Waals surface area contributed by atoms with E-state index < -0.39 is 0 Å². The van der Waals surface area contributed by atoms with E-state index in [9.17, 15) is 14.0 Å². The molecule has 0 spiro atoms. The van der Waals surface area contributed by atoms with Crippen LogP contribution in [0.3, 0.4) is 0 Å². The molecule has 0 unspecified atom stereocenters. The fraction of sp³-hybridized carbons (Fsp3) is 0.548. The standard InChI is InChI=1S/C31H38FN3O.C31H44N2O/c1-33(2)28-13-9-23(10-14-28)24-15-19-34(20-16-24)21-18-30-29-6-4-3-5-25(29)17-22-35(30)31(36)26-7-11-27(32)12-8-26;1-23(2)24-11-13-25(14-12-24)26-15-19-32(20-16-26)21-18-30-29-10-6-5-7-27(29)17-22-33(30)31(34)28-8-3-4-9-28/h5,7-14,24H,3-4,6,15-22H2,1-2H3;7,11-14,23,26,28H,3-6,8-10,15-22H2,1-2H3. The highest BCUT2D eigenvalue weighted by Crippen LogP contribution is 2.40. The van der Waals surface area contributed by atoms with Gasteiger partial charge < -0.3 is 24.5 Å². The van der Waals surface area contributed by atoms with Crippen molar-refractivity contribution in [3.8, 4) is 0 Å². The number of piperidine rings is 2. The quantitative estimate of drug-likeness (QED) is 0.181. The predicted octanol–water partition coefficient (Wildman–Crippen LogP) is 13.5. The number of halogens is 1. The number of carbonyl (C=O) groups is 2. The van der Waals surface area contributed by atoms with E-state index in [1.54, 1.807) is 17.7 Å². The zero-order valence-corrected chi connectivity index (χ0v) is 43.2. The third kappa shape index (κ3) is 12.1. The van der Waals surface area contributed by atoms with Crippen molar-refractivity contribution in [3.63, 3.8) is 0 Å². The van der Waals surface area contributed by atoms with Gasteiger partial charge >= 0.3 is 0 Å². The summed E-state index contributed by atoms with van der Waals surface area (Å²) in [4.78, 5) is 38.5. The molecule has 1 saturated carbocycles. The van der Waals surface area contributed by atoms with Gasteiger partial charge in [-0.3, -0.25) is 9.59 Å². The Morgan fingerprint density at radius 3 is 1.57 bits per heavy atom. The summed E-state index contributed by atoms with van der Waals surface area (Å²) in [6.45, 7) is 12.8. The molecule has 3 aliphatic carbocycles. The maximum Gasteiger partial charge on any atom is 0.258 e. The lowest BCUT2D eigenvalue weighted by Gasteiger charge is -2.38. The van der Waals surface area contributed by atoms with Gasteiger partial charge in [0.15, 0.2) is 0 Å². The maximum absolute atomic E-state index is 13.5. The van der Waals surface area contributed by atoms with Crippen LogP contribution >= 0.6 is 0 Å². The first-order valence-electron chi connectivity index (χ1n) is 27.6. The van der Waals surface area contributed by atoms with Crippen LogP contribution in [0.4, 0.5) is 10.1 Å². The van der Waals surface area contributed by atoms with E-state index in [1.807, 2.05) is 4.90 Å². The molecule has 0 atom stereocenters. The molecule has 2 saturated heterocycles. The zero-order valence-electron chi connectivity index (χ0n) is 43.2. The third-order valence-corrected chi connectivity index (χ3v) is 17.1. The van der Waals surface area contributed by atoms with Crippen molar-refractivity contribution < 1.29 is 14.0 Å². The number of allylic oxidation sites excluding steroid dienone is 4. The van der Waals surface area contributed by atoms with Gasteiger partial charge in [0.1, 0.15) is 5.82 Å². The van der Waals surface area contributed by atoms with Crippen LogP contribution in [0.25, 0.3) is 0 Å². The first-order valence-corrected chi connectivity index (χ1v) is 27.6. The van der Waals surface area contributed by atoms with Gasteiger partial charge in [-0.2, -0.15) is 0 Å². The van der Waals surface area contributed by atoms with E-state index in [2.05, 4.69) is 108 Å². The predicted molar refractivity (Wildman–Crippen MR) is 286 cm³/mol. The maximum atomic E-state index is 13.5. The fourth-order valence-electron chi connectivity index (χ4n) is 12.8. The molecule has 10 rings (SSSR count). The molecular weight excluding hydrogens is 866 g/mol. The Morgan fingerprint density at radius 2 is 1.07 bits per heavy atom. The SMILES string of the molecule is CC(C)c1ccc(C2CCN(CCC3=C4CCCC=C4CCN3C(=O)C3CCCC3)CC2)cc1.CN(C)c1ccc(C2CCN(CCC3=C4CCCC=C4CCN3C(=O)c3ccc(F)cc3)CC2)cc1. The molecular formula is C62H82FN5O2. The summed E-state index contributed by atoms with van der Waals surface area (Å²) in [5.74, 6) is 2.34. The fourth-order valence-corrected chi connectivity index (χ4v) is 12.8. The van der Waals surface area contributed by atoms with Crippen LogP contribution in [-0.4, -0.2) is 97.9 Å². The molecule has 70 heavy (non-hydrogen) atoms. The van der Waals surface area contributed by atoms with Crippen LogP contribution in [0.2, 0.25) is 0 Å². The summed E-state index contributed by atoms with van der Waals surface area (Å²) in [7, 11) is 4.16. The highest BCUT2D eigenvalue weighted by atomic mass is 19.1. The number of fused-ring (bicyclic) bond motifs is 2. The summed E-state index contributed by atoms with van der Waals surface area (Å²) >= 11 is 0. The molecule has 4 heterocycles. The van der Waals surface area contributed by atoms with Gasteiger partial charge in [-0.1, -0.05) is 75.2 Å².